The van der Waals surface area contributed by atoms with Crippen LogP contribution in [0.3, 0.4) is 0 Å². The third-order valence-corrected chi connectivity index (χ3v) is 11.6. The highest BCUT2D eigenvalue weighted by Gasteiger charge is 2.42. The van der Waals surface area contributed by atoms with Crippen LogP contribution in [0.25, 0.3) is 55.7 Å². The highest BCUT2D eigenvalue weighted by Crippen LogP contribution is 2.56. The third kappa shape index (κ3) is 4.43. The van der Waals surface area contributed by atoms with Crippen LogP contribution in [0.1, 0.15) is 49.9 Å². The van der Waals surface area contributed by atoms with Gasteiger partial charge in [0.1, 0.15) is 11.3 Å². The van der Waals surface area contributed by atoms with Gasteiger partial charge in [-0.3, -0.25) is 0 Å². The Morgan fingerprint density at radius 1 is 0.404 bits per heavy atom. The Morgan fingerprint density at radius 2 is 0.981 bits per heavy atom. The molecule has 0 unspecified atom stereocenters. The molecular formula is C50H39NO. The molecule has 2 nitrogen and oxygen atoms in total. The third-order valence-electron chi connectivity index (χ3n) is 11.6. The number of anilines is 3. The van der Waals surface area contributed by atoms with E-state index < -0.39 is 0 Å². The van der Waals surface area contributed by atoms with E-state index in [1.165, 1.54) is 66.6 Å². The lowest BCUT2D eigenvalue weighted by atomic mass is 9.78. The molecule has 0 aliphatic heterocycles. The van der Waals surface area contributed by atoms with E-state index in [0.29, 0.717) is 0 Å². The van der Waals surface area contributed by atoms with Crippen molar-refractivity contribution < 1.29 is 4.42 Å². The van der Waals surface area contributed by atoms with Crippen LogP contribution in [-0.4, -0.2) is 0 Å². The summed E-state index contributed by atoms with van der Waals surface area (Å²) in [7, 11) is 0. The van der Waals surface area contributed by atoms with E-state index in [-0.39, 0.29) is 10.8 Å². The Kier molecular flexibility index (Phi) is 6.60. The molecule has 0 saturated heterocycles. The summed E-state index contributed by atoms with van der Waals surface area (Å²) < 4.78 is 6.51. The van der Waals surface area contributed by atoms with E-state index in [2.05, 4.69) is 196 Å². The molecule has 7 aromatic carbocycles. The van der Waals surface area contributed by atoms with Gasteiger partial charge in [0, 0.05) is 44.4 Å². The van der Waals surface area contributed by atoms with Crippen LogP contribution in [0.5, 0.6) is 0 Å². The first kappa shape index (κ1) is 30.7. The largest absolute Gasteiger partial charge is 0.456 e. The fraction of sp³-hybridized carbons (Fsp3) is 0.120. The molecule has 2 aliphatic rings. The molecule has 1 heterocycles. The minimum absolute atomic E-state index is 0.0415. The normalized spacial score (nSPS) is 14.5. The first-order chi connectivity index (χ1) is 25.3. The zero-order chi connectivity index (χ0) is 35.2. The Balaban J connectivity index is 1.09. The highest BCUT2D eigenvalue weighted by atomic mass is 16.3. The maximum absolute atomic E-state index is 6.51. The molecule has 0 radical (unpaired) electrons. The van der Waals surface area contributed by atoms with Crippen molar-refractivity contribution in [3.63, 3.8) is 0 Å². The average molecular weight is 670 g/mol. The van der Waals surface area contributed by atoms with Crippen molar-refractivity contribution >= 4 is 28.0 Å². The summed E-state index contributed by atoms with van der Waals surface area (Å²) in [5.41, 5.74) is 18.2. The molecule has 0 saturated carbocycles. The minimum Gasteiger partial charge on any atom is -0.456 e. The number of benzene rings is 7. The van der Waals surface area contributed by atoms with E-state index in [0.717, 1.165) is 28.4 Å². The van der Waals surface area contributed by atoms with Gasteiger partial charge in [-0.05, 0) is 92.5 Å². The first-order valence-electron chi connectivity index (χ1n) is 18.3. The molecule has 2 aliphatic carbocycles. The van der Waals surface area contributed by atoms with E-state index in [1.807, 2.05) is 0 Å². The molecule has 1 aromatic heterocycles. The molecule has 0 spiro atoms. The standard InChI is InChI=1S/C50H39NO/c1-49(2)43-19-10-8-15-39(43)42-31-37(29-30-44(42)49)51(35-25-21-33(22-26-35)32-13-6-5-7-14-32)36-27-23-34(24-28-36)38-17-12-18-41-46(38)50(3,4)47-40-16-9-11-20-45(40)52-48(41)47/h5-31H,1-4H3. The van der Waals surface area contributed by atoms with Crippen LogP contribution in [0.2, 0.25) is 0 Å². The van der Waals surface area contributed by atoms with E-state index in [1.54, 1.807) is 0 Å². The number of rotatable bonds is 5. The van der Waals surface area contributed by atoms with Crippen molar-refractivity contribution in [1.29, 1.82) is 0 Å². The molecule has 0 bridgehead atoms. The Hall–Kier alpha value is -6.12. The van der Waals surface area contributed by atoms with Crippen molar-refractivity contribution in [1.82, 2.24) is 0 Å². The molecule has 0 N–H and O–H groups in total. The SMILES string of the molecule is CC1(C)c2ccccc2-c2cc(N(c3ccc(-c4ccccc4)cc3)c3ccc(-c4cccc5c4C(C)(C)c4c-5oc5ccccc45)cc3)ccc21. The maximum atomic E-state index is 6.51. The summed E-state index contributed by atoms with van der Waals surface area (Å²) in [6.07, 6.45) is 0. The number of hydrogen-bond acceptors (Lipinski definition) is 2. The summed E-state index contributed by atoms with van der Waals surface area (Å²) in [6, 6.07) is 59.7. The summed E-state index contributed by atoms with van der Waals surface area (Å²) in [5, 5.41) is 1.20. The number of furan rings is 1. The summed E-state index contributed by atoms with van der Waals surface area (Å²) in [5.74, 6) is 1.01. The van der Waals surface area contributed by atoms with Gasteiger partial charge in [-0.2, -0.15) is 0 Å². The molecule has 0 amide bonds. The molecule has 8 aromatic rings. The van der Waals surface area contributed by atoms with Gasteiger partial charge < -0.3 is 9.32 Å². The summed E-state index contributed by atoms with van der Waals surface area (Å²) in [6.45, 7) is 9.36. The number of fused-ring (bicyclic) bond motifs is 8. The van der Waals surface area contributed by atoms with Crippen LogP contribution >= 0.6 is 0 Å². The van der Waals surface area contributed by atoms with Gasteiger partial charge in [0.15, 0.2) is 0 Å². The number of hydrogen-bond donors (Lipinski definition) is 0. The minimum atomic E-state index is -0.201. The predicted octanol–water partition coefficient (Wildman–Crippen LogP) is 13.8. The van der Waals surface area contributed by atoms with Crippen LogP contribution in [-0.2, 0) is 10.8 Å². The van der Waals surface area contributed by atoms with Gasteiger partial charge in [0.05, 0.1) is 0 Å². The molecule has 0 fully saturated rings. The topological polar surface area (TPSA) is 16.4 Å². The highest BCUT2D eigenvalue weighted by molar-refractivity contribution is 5.97. The van der Waals surface area contributed by atoms with E-state index >= 15 is 0 Å². The smallest absolute Gasteiger partial charge is 0.139 e. The maximum Gasteiger partial charge on any atom is 0.139 e. The van der Waals surface area contributed by atoms with Crippen molar-refractivity contribution in [2.45, 2.75) is 38.5 Å². The van der Waals surface area contributed by atoms with Gasteiger partial charge >= 0.3 is 0 Å². The zero-order valence-electron chi connectivity index (χ0n) is 29.9. The number of para-hydroxylation sites is 1. The van der Waals surface area contributed by atoms with Crippen LogP contribution in [0.15, 0.2) is 168 Å². The van der Waals surface area contributed by atoms with Crippen LogP contribution in [0.4, 0.5) is 17.1 Å². The average Bonchev–Trinajstić information content (AvgIpc) is 3.77. The lowest BCUT2D eigenvalue weighted by Crippen LogP contribution is -2.16. The molecular weight excluding hydrogens is 631 g/mol. The Morgan fingerprint density at radius 3 is 1.75 bits per heavy atom. The van der Waals surface area contributed by atoms with Crippen LogP contribution in [0, 0.1) is 0 Å². The van der Waals surface area contributed by atoms with E-state index in [4.69, 9.17) is 4.42 Å². The molecule has 2 heteroatoms. The first-order valence-corrected chi connectivity index (χ1v) is 18.3. The van der Waals surface area contributed by atoms with E-state index in [9.17, 15) is 0 Å². The Labute approximate surface area is 305 Å². The van der Waals surface area contributed by atoms with Gasteiger partial charge in [-0.25, -0.2) is 0 Å². The van der Waals surface area contributed by atoms with Crippen molar-refractivity contribution in [3.8, 4) is 44.7 Å². The second-order valence-corrected chi connectivity index (χ2v) is 15.4. The van der Waals surface area contributed by atoms with Crippen molar-refractivity contribution in [2.24, 2.45) is 0 Å². The lowest BCUT2D eigenvalue weighted by Gasteiger charge is -2.28. The molecule has 52 heavy (non-hydrogen) atoms. The fourth-order valence-corrected chi connectivity index (χ4v) is 9.15. The second kappa shape index (κ2) is 11.2. The quantitative estimate of drug-likeness (QED) is 0.181. The Bertz CT molecular complexity index is 2660. The van der Waals surface area contributed by atoms with Gasteiger partial charge in [0.25, 0.3) is 0 Å². The van der Waals surface area contributed by atoms with Crippen molar-refractivity contribution in [2.75, 3.05) is 4.90 Å². The van der Waals surface area contributed by atoms with Gasteiger partial charge in [0.2, 0.25) is 0 Å². The summed E-state index contributed by atoms with van der Waals surface area (Å²) in [4.78, 5) is 2.40. The predicted molar refractivity (Wildman–Crippen MR) is 217 cm³/mol. The second-order valence-electron chi connectivity index (χ2n) is 15.4. The monoisotopic (exact) mass is 669 g/mol. The molecule has 10 rings (SSSR count). The molecule has 0 atom stereocenters. The van der Waals surface area contributed by atoms with Gasteiger partial charge in [-0.1, -0.05) is 149 Å². The zero-order valence-corrected chi connectivity index (χ0v) is 29.9. The van der Waals surface area contributed by atoms with Crippen LogP contribution < -0.4 is 4.90 Å². The number of nitrogens with zero attached hydrogens (tertiary/aromatic N) is 1. The fourth-order valence-electron chi connectivity index (χ4n) is 9.15. The summed E-state index contributed by atoms with van der Waals surface area (Å²) >= 11 is 0. The lowest BCUT2D eigenvalue weighted by molar-refractivity contribution is 0.619. The van der Waals surface area contributed by atoms with Gasteiger partial charge in [-0.15, -0.1) is 0 Å². The van der Waals surface area contributed by atoms with Crippen molar-refractivity contribution in [3.05, 3.63) is 186 Å². The molecule has 250 valence electrons.